The molecule has 1 fully saturated rings. The van der Waals surface area contributed by atoms with Gasteiger partial charge in [-0.25, -0.2) is 0 Å². The normalized spacial score (nSPS) is 22.2. The van der Waals surface area contributed by atoms with Crippen molar-refractivity contribution < 1.29 is 9.72 Å². The Balaban J connectivity index is 2.18. The van der Waals surface area contributed by atoms with Gasteiger partial charge in [0.2, 0.25) is 0 Å². The van der Waals surface area contributed by atoms with Gasteiger partial charge in [-0.15, -0.1) is 0 Å². The summed E-state index contributed by atoms with van der Waals surface area (Å²) in [5.41, 5.74) is 6.02. The summed E-state index contributed by atoms with van der Waals surface area (Å²) in [5.74, 6) is 0.101. The molecule has 0 aromatic heterocycles. The molecule has 3 N–H and O–H groups in total. The van der Waals surface area contributed by atoms with Gasteiger partial charge in [0, 0.05) is 23.9 Å². The first-order valence-electron chi connectivity index (χ1n) is 6.34. The highest BCUT2D eigenvalue weighted by molar-refractivity contribution is 6.00. The quantitative estimate of drug-likeness (QED) is 0.495. The number of nitrogen functional groups attached to an aromatic ring is 1. The van der Waals surface area contributed by atoms with Crippen LogP contribution in [0.1, 0.15) is 36.5 Å². The molecule has 1 aromatic carbocycles. The second-order valence-corrected chi connectivity index (χ2v) is 5.02. The fraction of sp³-hybridized carbons (Fsp3) is 0.462. The molecule has 1 aliphatic carbocycles. The van der Waals surface area contributed by atoms with E-state index in [4.69, 9.17) is 5.73 Å². The van der Waals surface area contributed by atoms with Gasteiger partial charge < -0.3 is 11.1 Å². The third-order valence-electron chi connectivity index (χ3n) is 3.67. The van der Waals surface area contributed by atoms with Crippen LogP contribution in [0, 0.1) is 16.0 Å². The van der Waals surface area contributed by atoms with Crippen molar-refractivity contribution in [2.75, 3.05) is 5.73 Å². The van der Waals surface area contributed by atoms with Crippen molar-refractivity contribution in [1.82, 2.24) is 5.32 Å². The molecule has 2 atom stereocenters. The zero-order valence-electron chi connectivity index (χ0n) is 10.8. The highest BCUT2D eigenvalue weighted by atomic mass is 16.6. The van der Waals surface area contributed by atoms with E-state index >= 15 is 0 Å². The number of rotatable bonds is 3. The van der Waals surface area contributed by atoms with Gasteiger partial charge in [-0.05, 0) is 24.8 Å². The number of nitro benzene ring substituents is 1. The minimum Gasteiger partial charge on any atom is -0.398 e. The first-order chi connectivity index (χ1) is 8.99. The Hall–Kier alpha value is -2.11. The summed E-state index contributed by atoms with van der Waals surface area (Å²) in [7, 11) is 0. The van der Waals surface area contributed by atoms with E-state index in [0.29, 0.717) is 5.92 Å². The van der Waals surface area contributed by atoms with E-state index in [-0.39, 0.29) is 28.9 Å². The minimum absolute atomic E-state index is 0.126. The van der Waals surface area contributed by atoms with Gasteiger partial charge in [-0.2, -0.15) is 0 Å². The molecule has 6 nitrogen and oxygen atoms in total. The maximum atomic E-state index is 12.1. The molecule has 1 aliphatic rings. The highest BCUT2D eigenvalue weighted by Gasteiger charge is 2.26. The zero-order valence-corrected chi connectivity index (χ0v) is 10.8. The number of carbonyl (C=O) groups excluding carboxylic acids is 1. The van der Waals surface area contributed by atoms with E-state index in [2.05, 4.69) is 12.2 Å². The van der Waals surface area contributed by atoms with Gasteiger partial charge in [-0.3, -0.25) is 14.9 Å². The summed E-state index contributed by atoms with van der Waals surface area (Å²) in [4.78, 5) is 22.3. The molecule has 2 rings (SSSR count). The number of non-ortho nitro benzene ring substituents is 1. The number of hydrogen-bond acceptors (Lipinski definition) is 4. The van der Waals surface area contributed by atoms with Gasteiger partial charge in [0.25, 0.3) is 11.6 Å². The van der Waals surface area contributed by atoms with Gasteiger partial charge in [0.15, 0.2) is 0 Å². The van der Waals surface area contributed by atoms with Crippen molar-refractivity contribution in [1.29, 1.82) is 0 Å². The minimum atomic E-state index is -0.533. The van der Waals surface area contributed by atoms with E-state index < -0.39 is 4.92 Å². The Kier molecular flexibility index (Phi) is 3.69. The molecule has 1 saturated carbocycles. The number of amides is 1. The van der Waals surface area contributed by atoms with Gasteiger partial charge in [0.1, 0.15) is 0 Å². The lowest BCUT2D eigenvalue weighted by Gasteiger charge is -2.17. The average Bonchev–Trinajstić information content (AvgIpc) is 2.75. The van der Waals surface area contributed by atoms with E-state index in [1.165, 1.54) is 18.2 Å². The molecular formula is C13H17N3O3. The number of nitrogens with one attached hydrogen (secondary N) is 1. The molecule has 0 bridgehead atoms. The third kappa shape index (κ3) is 2.83. The molecule has 0 heterocycles. The summed E-state index contributed by atoms with van der Waals surface area (Å²) in [6, 6.07) is 4.05. The van der Waals surface area contributed by atoms with Crippen LogP contribution < -0.4 is 11.1 Å². The summed E-state index contributed by atoms with van der Waals surface area (Å²) in [5, 5.41) is 13.6. The SMILES string of the molecule is CC1CCCC1NC(=O)c1cc([N+](=O)[O-])ccc1N. The second kappa shape index (κ2) is 5.26. The van der Waals surface area contributed by atoms with E-state index in [1.807, 2.05) is 0 Å². The number of hydrogen-bond donors (Lipinski definition) is 2. The number of benzene rings is 1. The average molecular weight is 263 g/mol. The fourth-order valence-electron chi connectivity index (χ4n) is 2.46. The van der Waals surface area contributed by atoms with Crippen molar-refractivity contribution in [3.63, 3.8) is 0 Å². The molecule has 6 heteroatoms. The smallest absolute Gasteiger partial charge is 0.270 e. The lowest BCUT2D eigenvalue weighted by atomic mass is 10.1. The van der Waals surface area contributed by atoms with Gasteiger partial charge >= 0.3 is 0 Å². The second-order valence-electron chi connectivity index (χ2n) is 5.02. The Morgan fingerprint density at radius 3 is 2.79 bits per heavy atom. The first kappa shape index (κ1) is 13.3. The van der Waals surface area contributed by atoms with Crippen LogP contribution in [0.25, 0.3) is 0 Å². The van der Waals surface area contributed by atoms with Crippen LogP contribution >= 0.6 is 0 Å². The number of carbonyl (C=O) groups is 1. The van der Waals surface area contributed by atoms with Crippen LogP contribution in [0.3, 0.4) is 0 Å². The zero-order chi connectivity index (χ0) is 14.0. The molecule has 2 unspecified atom stereocenters. The van der Waals surface area contributed by atoms with Crippen molar-refractivity contribution >= 4 is 17.3 Å². The molecular weight excluding hydrogens is 246 g/mol. The van der Waals surface area contributed by atoms with Crippen molar-refractivity contribution in [2.45, 2.75) is 32.2 Å². The summed E-state index contributed by atoms with van der Waals surface area (Å²) < 4.78 is 0. The number of nitro groups is 1. The summed E-state index contributed by atoms with van der Waals surface area (Å²) in [6.07, 6.45) is 3.13. The number of anilines is 1. The highest BCUT2D eigenvalue weighted by Crippen LogP contribution is 2.26. The van der Waals surface area contributed by atoms with Crippen LogP contribution in [0.4, 0.5) is 11.4 Å². The molecule has 0 spiro atoms. The topological polar surface area (TPSA) is 98.3 Å². The Labute approximate surface area is 111 Å². The number of nitrogens with zero attached hydrogens (tertiary/aromatic N) is 1. The Morgan fingerprint density at radius 1 is 1.47 bits per heavy atom. The monoisotopic (exact) mass is 263 g/mol. The predicted octanol–water partition coefficient (Wildman–Crippen LogP) is 2.10. The van der Waals surface area contributed by atoms with Crippen LogP contribution in [-0.2, 0) is 0 Å². The lowest BCUT2D eigenvalue weighted by Crippen LogP contribution is -2.36. The first-order valence-corrected chi connectivity index (χ1v) is 6.34. The molecule has 1 amide bonds. The maximum absolute atomic E-state index is 12.1. The van der Waals surface area contributed by atoms with Crippen LogP contribution in [0.2, 0.25) is 0 Å². The summed E-state index contributed by atoms with van der Waals surface area (Å²) in [6.45, 7) is 2.09. The van der Waals surface area contributed by atoms with Crippen LogP contribution in [-0.4, -0.2) is 16.9 Å². The van der Waals surface area contributed by atoms with Gasteiger partial charge in [-0.1, -0.05) is 13.3 Å². The molecule has 19 heavy (non-hydrogen) atoms. The molecule has 0 aliphatic heterocycles. The third-order valence-corrected chi connectivity index (χ3v) is 3.67. The van der Waals surface area contributed by atoms with E-state index in [1.54, 1.807) is 0 Å². The fourth-order valence-corrected chi connectivity index (χ4v) is 2.46. The molecule has 1 aromatic rings. The van der Waals surface area contributed by atoms with E-state index in [0.717, 1.165) is 19.3 Å². The Bertz CT molecular complexity index is 516. The van der Waals surface area contributed by atoms with Crippen molar-refractivity contribution in [2.24, 2.45) is 5.92 Å². The molecule has 0 saturated heterocycles. The summed E-state index contributed by atoms with van der Waals surface area (Å²) >= 11 is 0. The van der Waals surface area contributed by atoms with Gasteiger partial charge in [0.05, 0.1) is 10.5 Å². The molecule has 102 valence electrons. The van der Waals surface area contributed by atoms with Crippen LogP contribution in [0.15, 0.2) is 18.2 Å². The maximum Gasteiger partial charge on any atom is 0.270 e. The van der Waals surface area contributed by atoms with Crippen molar-refractivity contribution in [3.8, 4) is 0 Å². The van der Waals surface area contributed by atoms with Crippen molar-refractivity contribution in [3.05, 3.63) is 33.9 Å². The predicted molar refractivity (Wildman–Crippen MR) is 71.8 cm³/mol. The lowest BCUT2D eigenvalue weighted by molar-refractivity contribution is -0.384. The van der Waals surface area contributed by atoms with E-state index in [9.17, 15) is 14.9 Å². The standard InChI is InChI=1S/C13H17N3O3/c1-8-3-2-4-12(8)15-13(17)10-7-9(16(18)19)5-6-11(10)14/h5-8,12H,2-4,14H2,1H3,(H,15,17). The van der Waals surface area contributed by atoms with Crippen LogP contribution in [0.5, 0.6) is 0 Å². The Morgan fingerprint density at radius 2 is 2.21 bits per heavy atom. The number of nitrogens with two attached hydrogens (primary N) is 1. The largest absolute Gasteiger partial charge is 0.398 e. The molecule has 0 radical (unpaired) electrons.